The number of aromatic nitrogens is 3. The zero-order valence-electron chi connectivity index (χ0n) is 14.8. The van der Waals surface area contributed by atoms with Crippen molar-refractivity contribution in [3.63, 3.8) is 0 Å². The normalized spacial score (nSPS) is 15.3. The summed E-state index contributed by atoms with van der Waals surface area (Å²) >= 11 is 0. The molecule has 0 atom stereocenters. The van der Waals surface area contributed by atoms with Crippen molar-refractivity contribution >= 4 is 21.9 Å². The first-order chi connectivity index (χ1) is 12.3. The monoisotopic (exact) mass is 379 g/mol. The standard InChI is InChI=1S/C16H21N5O4S/c1-16(2,26(23,24)21-9-4-10-21)14(22)18-15-17-13(19-20-15)11-5-7-12(25-3)8-6-11/h5-8H,4,9-10H2,1-3H3,(H2,17,18,19,20,22). The molecule has 3 rings (SSSR count). The molecule has 1 aliphatic heterocycles. The summed E-state index contributed by atoms with van der Waals surface area (Å²) in [6.45, 7) is 3.67. The van der Waals surface area contributed by atoms with Crippen LogP contribution in [0.4, 0.5) is 5.95 Å². The minimum absolute atomic E-state index is 0.0905. The minimum atomic E-state index is -3.73. The van der Waals surface area contributed by atoms with Crippen molar-refractivity contribution in [2.75, 3.05) is 25.5 Å². The molecule has 1 saturated heterocycles. The van der Waals surface area contributed by atoms with Gasteiger partial charge in [0.15, 0.2) is 10.6 Å². The molecule has 0 radical (unpaired) electrons. The lowest BCUT2D eigenvalue weighted by atomic mass is 10.2. The van der Waals surface area contributed by atoms with E-state index in [9.17, 15) is 13.2 Å². The summed E-state index contributed by atoms with van der Waals surface area (Å²) in [6, 6.07) is 7.14. The van der Waals surface area contributed by atoms with E-state index in [0.717, 1.165) is 12.0 Å². The number of methoxy groups -OCH3 is 1. The molecule has 0 spiro atoms. The van der Waals surface area contributed by atoms with Crippen LogP contribution in [0, 0.1) is 0 Å². The van der Waals surface area contributed by atoms with E-state index in [-0.39, 0.29) is 5.95 Å². The quantitative estimate of drug-likeness (QED) is 0.780. The Kier molecular flexibility index (Phi) is 4.72. The fraction of sp³-hybridized carbons (Fsp3) is 0.438. The van der Waals surface area contributed by atoms with Crippen molar-refractivity contribution in [3.05, 3.63) is 24.3 Å². The number of nitrogens with one attached hydrogen (secondary N) is 2. The lowest BCUT2D eigenvalue weighted by Gasteiger charge is -2.36. The second kappa shape index (κ2) is 6.69. The molecule has 10 heteroatoms. The number of amides is 1. The van der Waals surface area contributed by atoms with Crippen LogP contribution in [0.1, 0.15) is 20.3 Å². The maximum atomic E-state index is 12.6. The molecule has 2 N–H and O–H groups in total. The third kappa shape index (κ3) is 3.17. The summed E-state index contributed by atoms with van der Waals surface area (Å²) in [6.07, 6.45) is 0.810. The van der Waals surface area contributed by atoms with Gasteiger partial charge in [-0.3, -0.25) is 10.1 Å². The van der Waals surface area contributed by atoms with Gasteiger partial charge >= 0.3 is 0 Å². The number of carbonyl (C=O) groups excluding carboxylic acids is 1. The van der Waals surface area contributed by atoms with Gasteiger partial charge in [-0.25, -0.2) is 12.7 Å². The largest absolute Gasteiger partial charge is 0.497 e. The van der Waals surface area contributed by atoms with Crippen LogP contribution in [0.15, 0.2) is 24.3 Å². The predicted octanol–water partition coefficient (Wildman–Crippen LogP) is 1.23. The Balaban J connectivity index is 1.74. The van der Waals surface area contributed by atoms with Crippen molar-refractivity contribution in [2.24, 2.45) is 0 Å². The number of aromatic amines is 1. The molecular weight excluding hydrogens is 358 g/mol. The Morgan fingerprint density at radius 1 is 1.23 bits per heavy atom. The smallest absolute Gasteiger partial charge is 0.249 e. The molecule has 26 heavy (non-hydrogen) atoms. The zero-order valence-corrected chi connectivity index (χ0v) is 15.6. The first kappa shape index (κ1) is 18.3. The Labute approximate surface area is 151 Å². The topological polar surface area (TPSA) is 117 Å². The number of hydrogen-bond donors (Lipinski definition) is 2. The van der Waals surface area contributed by atoms with Gasteiger partial charge in [-0.05, 0) is 44.5 Å². The maximum Gasteiger partial charge on any atom is 0.249 e. The fourth-order valence-electron chi connectivity index (χ4n) is 2.42. The summed E-state index contributed by atoms with van der Waals surface area (Å²) < 4.78 is 29.9. The lowest BCUT2D eigenvalue weighted by molar-refractivity contribution is -0.118. The number of nitrogens with zero attached hydrogens (tertiary/aromatic N) is 3. The second-order valence-corrected chi connectivity index (χ2v) is 8.96. The molecule has 9 nitrogen and oxygen atoms in total. The first-order valence-electron chi connectivity index (χ1n) is 8.14. The summed E-state index contributed by atoms with van der Waals surface area (Å²) in [5, 5.41) is 10.4. The minimum Gasteiger partial charge on any atom is -0.497 e. The average molecular weight is 379 g/mol. The van der Waals surface area contributed by atoms with Crippen LogP contribution < -0.4 is 10.1 Å². The predicted molar refractivity (Wildman–Crippen MR) is 96.2 cm³/mol. The van der Waals surface area contributed by atoms with Gasteiger partial charge in [-0.1, -0.05) is 0 Å². The first-order valence-corrected chi connectivity index (χ1v) is 9.58. The van der Waals surface area contributed by atoms with E-state index >= 15 is 0 Å². The highest BCUT2D eigenvalue weighted by Crippen LogP contribution is 2.27. The van der Waals surface area contributed by atoms with E-state index in [1.165, 1.54) is 18.2 Å². The maximum absolute atomic E-state index is 12.6. The zero-order chi connectivity index (χ0) is 18.9. The summed E-state index contributed by atoms with van der Waals surface area (Å²) in [5.41, 5.74) is 0.756. The Morgan fingerprint density at radius 2 is 1.88 bits per heavy atom. The van der Waals surface area contributed by atoms with E-state index in [1.807, 2.05) is 0 Å². The van der Waals surface area contributed by atoms with Gasteiger partial charge in [0, 0.05) is 18.7 Å². The molecule has 0 bridgehead atoms. The summed E-state index contributed by atoms with van der Waals surface area (Å²) in [7, 11) is -2.15. The number of carbonyl (C=O) groups is 1. The van der Waals surface area contributed by atoms with E-state index in [0.29, 0.717) is 24.7 Å². The lowest BCUT2D eigenvalue weighted by Crippen LogP contribution is -2.55. The Hall–Kier alpha value is -2.46. The SMILES string of the molecule is COc1ccc(-c2nnc(NC(=O)C(C)(C)S(=O)(=O)N3CCC3)[nH]2)cc1. The molecular formula is C16H21N5O4S. The Bertz CT molecular complexity index is 901. The van der Waals surface area contributed by atoms with Crippen LogP contribution in [-0.4, -0.2) is 58.8 Å². The third-order valence-electron chi connectivity index (χ3n) is 4.43. The van der Waals surface area contributed by atoms with Gasteiger partial charge < -0.3 is 9.72 Å². The van der Waals surface area contributed by atoms with Crippen molar-refractivity contribution in [3.8, 4) is 17.1 Å². The molecule has 1 amide bonds. The molecule has 1 aromatic carbocycles. The summed E-state index contributed by atoms with van der Waals surface area (Å²) in [5.74, 6) is 0.584. The van der Waals surface area contributed by atoms with Gasteiger partial charge in [0.25, 0.3) is 0 Å². The number of benzene rings is 1. The van der Waals surface area contributed by atoms with E-state index < -0.39 is 20.7 Å². The molecule has 1 fully saturated rings. The second-order valence-electron chi connectivity index (χ2n) is 6.47. The number of sulfonamides is 1. The van der Waals surface area contributed by atoms with Gasteiger partial charge in [0.2, 0.25) is 21.9 Å². The number of rotatable bonds is 6. The van der Waals surface area contributed by atoms with Gasteiger partial charge in [0.05, 0.1) is 7.11 Å². The van der Waals surface area contributed by atoms with Crippen molar-refractivity contribution in [1.29, 1.82) is 0 Å². The number of H-pyrrole nitrogens is 1. The molecule has 0 unspecified atom stereocenters. The highest BCUT2D eigenvalue weighted by Gasteiger charge is 2.47. The van der Waals surface area contributed by atoms with Crippen molar-refractivity contribution in [2.45, 2.75) is 25.0 Å². The molecule has 1 aliphatic rings. The van der Waals surface area contributed by atoms with Crippen LogP contribution in [0.25, 0.3) is 11.4 Å². The van der Waals surface area contributed by atoms with Gasteiger partial charge in [-0.2, -0.15) is 0 Å². The molecule has 0 saturated carbocycles. The average Bonchev–Trinajstić information content (AvgIpc) is 3.01. The van der Waals surface area contributed by atoms with Crippen LogP contribution in [0.5, 0.6) is 5.75 Å². The van der Waals surface area contributed by atoms with E-state index in [2.05, 4.69) is 20.5 Å². The van der Waals surface area contributed by atoms with Crippen molar-refractivity contribution < 1.29 is 17.9 Å². The van der Waals surface area contributed by atoms with E-state index in [4.69, 9.17) is 4.74 Å². The fourth-order valence-corrected chi connectivity index (χ4v) is 4.09. The number of ether oxygens (including phenoxy) is 1. The van der Waals surface area contributed by atoms with E-state index in [1.54, 1.807) is 31.4 Å². The van der Waals surface area contributed by atoms with Crippen molar-refractivity contribution in [1.82, 2.24) is 19.5 Å². The third-order valence-corrected chi connectivity index (χ3v) is 6.95. The van der Waals surface area contributed by atoms with Crippen LogP contribution >= 0.6 is 0 Å². The van der Waals surface area contributed by atoms with Crippen LogP contribution in [0.2, 0.25) is 0 Å². The molecule has 2 heterocycles. The molecule has 1 aromatic heterocycles. The van der Waals surface area contributed by atoms with Gasteiger partial charge in [-0.15, -0.1) is 10.2 Å². The number of hydrogen-bond acceptors (Lipinski definition) is 6. The highest BCUT2D eigenvalue weighted by atomic mass is 32.2. The van der Waals surface area contributed by atoms with Gasteiger partial charge in [0.1, 0.15) is 5.75 Å². The number of anilines is 1. The molecule has 2 aromatic rings. The highest BCUT2D eigenvalue weighted by molar-refractivity contribution is 7.91. The van der Waals surface area contributed by atoms with Crippen LogP contribution in [0.3, 0.4) is 0 Å². The molecule has 140 valence electrons. The summed E-state index contributed by atoms with van der Waals surface area (Å²) in [4.78, 5) is 15.4. The Morgan fingerprint density at radius 3 is 2.42 bits per heavy atom. The molecule has 0 aliphatic carbocycles. The van der Waals surface area contributed by atoms with Crippen LogP contribution in [-0.2, 0) is 14.8 Å².